The number of nitrogens with zero attached hydrogens (tertiary/aromatic N) is 1. The Labute approximate surface area is 141 Å². The van der Waals surface area contributed by atoms with E-state index in [1.165, 1.54) is 0 Å². The largest absolute Gasteiger partial charge is 0.476 e. The van der Waals surface area contributed by atoms with E-state index in [1.54, 1.807) is 32.0 Å². The summed E-state index contributed by atoms with van der Waals surface area (Å²) in [4.78, 5) is 14.7. The van der Waals surface area contributed by atoms with Gasteiger partial charge in [-0.15, -0.1) is 0 Å². The Hall–Kier alpha value is -0.970. The van der Waals surface area contributed by atoms with E-state index in [2.05, 4.69) is 17.3 Å². The van der Waals surface area contributed by atoms with Gasteiger partial charge >= 0.3 is 0 Å². The number of hydrogen-bond donors (Lipinski definition) is 1. The molecule has 0 radical (unpaired) electrons. The molecule has 1 aliphatic heterocycles. The van der Waals surface area contributed by atoms with Gasteiger partial charge in [-0.1, -0.05) is 23.2 Å². The van der Waals surface area contributed by atoms with Crippen LogP contribution in [0.1, 0.15) is 26.7 Å². The Bertz CT molecular complexity index is 541. The summed E-state index contributed by atoms with van der Waals surface area (Å²) >= 11 is 12.0. The normalized spacial score (nSPS) is 17.3. The molecule has 1 aromatic carbocycles. The smallest absolute Gasteiger partial charge is 0.263 e. The van der Waals surface area contributed by atoms with Gasteiger partial charge in [-0.05, 0) is 65.0 Å². The molecule has 1 N–H and O–H groups in total. The molecule has 6 heteroatoms. The van der Waals surface area contributed by atoms with Crippen molar-refractivity contribution < 1.29 is 9.53 Å². The summed E-state index contributed by atoms with van der Waals surface area (Å²) < 4.78 is 5.80. The molecule has 0 atom stereocenters. The maximum atomic E-state index is 12.5. The first-order valence-corrected chi connectivity index (χ1v) is 8.17. The number of carbonyl (C=O) groups is 1. The molecular weight excluding hydrogens is 323 g/mol. The standard InChI is InChI=1S/C16H22Cl2N2O2/c1-16(2,22-14-5-4-11(17)10-13(14)18)15(21)19-12-6-8-20(3)9-7-12/h4-5,10,12H,6-9H2,1-3H3,(H,19,21). The quantitative estimate of drug-likeness (QED) is 0.910. The summed E-state index contributed by atoms with van der Waals surface area (Å²) in [5.74, 6) is 0.322. The fraction of sp³-hybridized carbons (Fsp3) is 0.562. The highest BCUT2D eigenvalue weighted by Gasteiger charge is 2.32. The van der Waals surface area contributed by atoms with Crippen LogP contribution in [0.15, 0.2) is 18.2 Å². The van der Waals surface area contributed by atoms with Crippen molar-refractivity contribution in [2.45, 2.75) is 38.3 Å². The number of halogens is 2. The van der Waals surface area contributed by atoms with Crippen LogP contribution in [0, 0.1) is 0 Å². The maximum Gasteiger partial charge on any atom is 0.263 e. The number of benzene rings is 1. The van der Waals surface area contributed by atoms with Gasteiger partial charge in [-0.3, -0.25) is 4.79 Å². The zero-order valence-electron chi connectivity index (χ0n) is 13.2. The van der Waals surface area contributed by atoms with Gasteiger partial charge in [0, 0.05) is 11.1 Å². The van der Waals surface area contributed by atoms with Crippen molar-refractivity contribution in [1.82, 2.24) is 10.2 Å². The molecule has 22 heavy (non-hydrogen) atoms. The molecule has 0 spiro atoms. The second-order valence-corrected chi connectivity index (χ2v) is 7.08. The highest BCUT2D eigenvalue weighted by molar-refractivity contribution is 6.35. The van der Waals surface area contributed by atoms with Crippen LogP contribution in [0.5, 0.6) is 5.75 Å². The predicted molar refractivity (Wildman–Crippen MR) is 89.8 cm³/mol. The van der Waals surface area contributed by atoms with Crippen LogP contribution in [-0.4, -0.2) is 42.6 Å². The van der Waals surface area contributed by atoms with Crippen LogP contribution in [0.4, 0.5) is 0 Å². The Balaban J connectivity index is 1.98. The number of carbonyl (C=O) groups excluding carboxylic acids is 1. The van der Waals surface area contributed by atoms with Crippen LogP contribution in [0.2, 0.25) is 10.0 Å². The lowest BCUT2D eigenvalue weighted by Crippen LogP contribution is -2.52. The third-order valence-corrected chi connectivity index (χ3v) is 4.39. The van der Waals surface area contributed by atoms with E-state index in [0.29, 0.717) is 15.8 Å². The average Bonchev–Trinajstić information content (AvgIpc) is 2.44. The number of nitrogens with one attached hydrogen (secondary N) is 1. The second kappa shape index (κ2) is 7.07. The third-order valence-electron chi connectivity index (χ3n) is 3.86. The Morgan fingerprint density at radius 3 is 2.55 bits per heavy atom. The minimum Gasteiger partial charge on any atom is -0.476 e. The zero-order chi connectivity index (χ0) is 16.3. The molecule has 1 saturated heterocycles. The number of likely N-dealkylation sites (tertiary alicyclic amines) is 1. The predicted octanol–water partition coefficient (Wildman–Crippen LogP) is 3.36. The van der Waals surface area contributed by atoms with Crippen molar-refractivity contribution in [1.29, 1.82) is 0 Å². The van der Waals surface area contributed by atoms with E-state index in [-0.39, 0.29) is 11.9 Å². The molecule has 1 aromatic rings. The molecule has 0 aliphatic carbocycles. The van der Waals surface area contributed by atoms with Crippen LogP contribution in [0.3, 0.4) is 0 Å². The monoisotopic (exact) mass is 344 g/mol. The van der Waals surface area contributed by atoms with E-state index in [0.717, 1.165) is 25.9 Å². The van der Waals surface area contributed by atoms with Gasteiger partial charge in [0.05, 0.1) is 5.02 Å². The van der Waals surface area contributed by atoms with E-state index in [4.69, 9.17) is 27.9 Å². The molecule has 0 aromatic heterocycles. The Morgan fingerprint density at radius 2 is 1.95 bits per heavy atom. The van der Waals surface area contributed by atoms with Crippen LogP contribution >= 0.6 is 23.2 Å². The highest BCUT2D eigenvalue weighted by Crippen LogP contribution is 2.30. The summed E-state index contributed by atoms with van der Waals surface area (Å²) in [5, 5.41) is 4.00. The molecular formula is C16H22Cl2N2O2. The molecule has 1 aliphatic rings. The van der Waals surface area contributed by atoms with E-state index in [1.807, 2.05) is 0 Å². The minimum atomic E-state index is -0.999. The van der Waals surface area contributed by atoms with E-state index < -0.39 is 5.60 Å². The van der Waals surface area contributed by atoms with Crippen molar-refractivity contribution in [3.8, 4) is 5.75 Å². The number of amides is 1. The molecule has 122 valence electrons. The fourth-order valence-corrected chi connectivity index (χ4v) is 2.84. The number of piperidine rings is 1. The van der Waals surface area contributed by atoms with Gasteiger partial charge in [0.1, 0.15) is 5.75 Å². The first-order chi connectivity index (χ1) is 10.3. The SMILES string of the molecule is CN1CCC(NC(=O)C(C)(C)Oc2ccc(Cl)cc2Cl)CC1. The van der Waals surface area contributed by atoms with E-state index in [9.17, 15) is 4.79 Å². The van der Waals surface area contributed by atoms with Crippen molar-refractivity contribution in [2.75, 3.05) is 20.1 Å². The number of hydrogen-bond acceptors (Lipinski definition) is 3. The van der Waals surface area contributed by atoms with Crippen molar-refractivity contribution in [3.05, 3.63) is 28.2 Å². The van der Waals surface area contributed by atoms with Gasteiger partial charge in [0.25, 0.3) is 5.91 Å². The average molecular weight is 345 g/mol. The number of rotatable bonds is 4. The van der Waals surface area contributed by atoms with Crippen LogP contribution in [-0.2, 0) is 4.79 Å². The summed E-state index contributed by atoms with van der Waals surface area (Å²) in [6.07, 6.45) is 1.92. The summed E-state index contributed by atoms with van der Waals surface area (Å²) in [5.41, 5.74) is -0.999. The summed E-state index contributed by atoms with van der Waals surface area (Å²) in [7, 11) is 2.09. The van der Waals surface area contributed by atoms with Crippen molar-refractivity contribution in [3.63, 3.8) is 0 Å². The Kier molecular flexibility index (Phi) is 5.59. The van der Waals surface area contributed by atoms with Crippen molar-refractivity contribution >= 4 is 29.1 Å². The first kappa shape index (κ1) is 17.4. The lowest BCUT2D eigenvalue weighted by molar-refractivity contribution is -0.135. The molecule has 0 unspecified atom stereocenters. The summed E-state index contributed by atoms with van der Waals surface area (Å²) in [6, 6.07) is 5.17. The van der Waals surface area contributed by atoms with Gasteiger partial charge in [0.2, 0.25) is 0 Å². The topological polar surface area (TPSA) is 41.6 Å². The molecule has 4 nitrogen and oxygen atoms in total. The molecule has 0 bridgehead atoms. The third kappa shape index (κ3) is 4.51. The Morgan fingerprint density at radius 1 is 1.32 bits per heavy atom. The van der Waals surface area contributed by atoms with Crippen LogP contribution < -0.4 is 10.1 Å². The molecule has 1 heterocycles. The molecule has 1 fully saturated rings. The minimum absolute atomic E-state index is 0.131. The lowest BCUT2D eigenvalue weighted by Gasteiger charge is -2.32. The first-order valence-electron chi connectivity index (χ1n) is 7.41. The van der Waals surface area contributed by atoms with Crippen LogP contribution in [0.25, 0.3) is 0 Å². The van der Waals surface area contributed by atoms with Gasteiger partial charge in [-0.25, -0.2) is 0 Å². The zero-order valence-corrected chi connectivity index (χ0v) is 14.7. The lowest BCUT2D eigenvalue weighted by atomic mass is 10.0. The van der Waals surface area contributed by atoms with Gasteiger partial charge < -0.3 is 15.0 Å². The highest BCUT2D eigenvalue weighted by atomic mass is 35.5. The maximum absolute atomic E-state index is 12.5. The van der Waals surface area contributed by atoms with Crippen molar-refractivity contribution in [2.24, 2.45) is 0 Å². The summed E-state index contributed by atoms with van der Waals surface area (Å²) in [6.45, 7) is 5.47. The molecule has 2 rings (SSSR count). The fourth-order valence-electron chi connectivity index (χ4n) is 2.39. The van der Waals surface area contributed by atoms with Gasteiger partial charge in [0.15, 0.2) is 5.60 Å². The van der Waals surface area contributed by atoms with E-state index >= 15 is 0 Å². The number of ether oxygens (including phenoxy) is 1. The van der Waals surface area contributed by atoms with Gasteiger partial charge in [-0.2, -0.15) is 0 Å². The second-order valence-electron chi connectivity index (χ2n) is 6.24. The molecule has 1 amide bonds. The molecule has 0 saturated carbocycles.